The third kappa shape index (κ3) is 5.24. The van der Waals surface area contributed by atoms with Crippen molar-refractivity contribution in [2.75, 3.05) is 6.26 Å². The largest absolute Gasteiger partial charge is 0.449 e. The third-order valence-corrected chi connectivity index (χ3v) is 4.44. The van der Waals surface area contributed by atoms with Gasteiger partial charge in [0.05, 0.1) is 10.6 Å². The van der Waals surface area contributed by atoms with E-state index in [1.807, 2.05) is 6.26 Å². The lowest BCUT2D eigenvalue weighted by molar-refractivity contribution is -0.129. The van der Waals surface area contributed by atoms with E-state index in [9.17, 15) is 14.4 Å². The molecule has 0 radical (unpaired) electrons. The van der Waals surface area contributed by atoms with Crippen LogP contribution in [-0.2, 0) is 9.53 Å². The molecule has 0 aliphatic carbocycles. The number of thioether (sulfide) groups is 1. The van der Waals surface area contributed by atoms with Crippen LogP contribution >= 0.6 is 23.4 Å². The Kier molecular flexibility index (Phi) is 7.06. The monoisotopic (exact) mass is 392 g/mol. The number of nitrogens with one attached hydrogen (secondary N) is 2. The van der Waals surface area contributed by atoms with Crippen LogP contribution in [0, 0.1) is 0 Å². The molecule has 2 amide bonds. The highest BCUT2D eigenvalue weighted by molar-refractivity contribution is 7.98. The Balaban J connectivity index is 1.92. The molecule has 8 heteroatoms. The summed E-state index contributed by atoms with van der Waals surface area (Å²) in [7, 11) is 0. The van der Waals surface area contributed by atoms with Crippen molar-refractivity contribution in [3.05, 3.63) is 64.7 Å². The Morgan fingerprint density at radius 3 is 2.42 bits per heavy atom. The lowest BCUT2D eigenvalue weighted by atomic mass is 10.2. The first kappa shape index (κ1) is 19.8. The predicted molar refractivity (Wildman–Crippen MR) is 100 cm³/mol. The quantitative estimate of drug-likeness (QED) is 0.464. The molecular formula is C18H17ClN2O4S. The van der Waals surface area contributed by atoms with E-state index < -0.39 is 23.9 Å². The molecule has 2 N–H and O–H groups in total. The standard InChI is InChI=1S/C18H17ClN2O4S/c1-11(16(22)20-21-17(23)12-6-4-3-5-7-12)25-18(24)14-10-13(26-2)8-9-15(14)19/h3-11H,1-2H3,(H,20,22)(H,21,23)/t11-/m1/s1. The Morgan fingerprint density at radius 1 is 1.08 bits per heavy atom. The van der Waals surface area contributed by atoms with Gasteiger partial charge in [-0.15, -0.1) is 11.8 Å². The summed E-state index contributed by atoms with van der Waals surface area (Å²) in [6, 6.07) is 13.3. The summed E-state index contributed by atoms with van der Waals surface area (Å²) in [6.45, 7) is 1.40. The van der Waals surface area contributed by atoms with E-state index in [1.165, 1.54) is 18.7 Å². The van der Waals surface area contributed by atoms with E-state index >= 15 is 0 Å². The molecule has 0 saturated carbocycles. The average molecular weight is 393 g/mol. The van der Waals surface area contributed by atoms with Crippen molar-refractivity contribution >= 4 is 41.1 Å². The van der Waals surface area contributed by atoms with Crippen molar-refractivity contribution in [2.24, 2.45) is 0 Å². The minimum Gasteiger partial charge on any atom is -0.449 e. The molecule has 0 aliphatic rings. The van der Waals surface area contributed by atoms with Gasteiger partial charge in [-0.25, -0.2) is 4.79 Å². The second kappa shape index (κ2) is 9.26. The van der Waals surface area contributed by atoms with Crippen LogP contribution in [0.3, 0.4) is 0 Å². The SMILES string of the molecule is CSc1ccc(Cl)c(C(=O)O[C@H](C)C(=O)NNC(=O)c2ccccc2)c1. The van der Waals surface area contributed by atoms with Crippen LogP contribution in [-0.4, -0.2) is 30.1 Å². The summed E-state index contributed by atoms with van der Waals surface area (Å²) >= 11 is 7.46. The highest BCUT2D eigenvalue weighted by Crippen LogP contribution is 2.24. The summed E-state index contributed by atoms with van der Waals surface area (Å²) in [5.41, 5.74) is 5.04. The van der Waals surface area contributed by atoms with Crippen LogP contribution in [0.25, 0.3) is 0 Å². The number of amides is 2. The van der Waals surface area contributed by atoms with Gasteiger partial charge in [0.15, 0.2) is 6.10 Å². The van der Waals surface area contributed by atoms with Gasteiger partial charge in [-0.3, -0.25) is 20.4 Å². The zero-order chi connectivity index (χ0) is 19.1. The maximum Gasteiger partial charge on any atom is 0.340 e. The van der Waals surface area contributed by atoms with Gasteiger partial charge in [0.2, 0.25) is 0 Å². The minimum absolute atomic E-state index is 0.173. The van der Waals surface area contributed by atoms with Crippen LogP contribution in [0.1, 0.15) is 27.6 Å². The average Bonchev–Trinajstić information content (AvgIpc) is 2.66. The molecule has 0 aromatic heterocycles. The summed E-state index contributed by atoms with van der Waals surface area (Å²) in [5.74, 6) is -1.86. The van der Waals surface area contributed by atoms with E-state index in [0.717, 1.165) is 4.90 Å². The normalized spacial score (nSPS) is 11.3. The van der Waals surface area contributed by atoms with Crippen LogP contribution in [0.5, 0.6) is 0 Å². The van der Waals surface area contributed by atoms with Crippen LogP contribution < -0.4 is 10.9 Å². The molecule has 2 aromatic carbocycles. The van der Waals surface area contributed by atoms with Gasteiger partial charge in [0.25, 0.3) is 11.8 Å². The molecule has 0 heterocycles. The number of carbonyl (C=O) groups is 3. The van der Waals surface area contributed by atoms with E-state index in [4.69, 9.17) is 16.3 Å². The van der Waals surface area contributed by atoms with Crippen molar-refractivity contribution in [2.45, 2.75) is 17.9 Å². The number of ether oxygens (including phenoxy) is 1. The highest BCUT2D eigenvalue weighted by Gasteiger charge is 2.21. The van der Waals surface area contributed by atoms with Crippen LogP contribution in [0.15, 0.2) is 53.4 Å². The Labute approximate surface area is 160 Å². The molecule has 26 heavy (non-hydrogen) atoms. The van der Waals surface area contributed by atoms with Crippen molar-refractivity contribution in [1.29, 1.82) is 0 Å². The van der Waals surface area contributed by atoms with Gasteiger partial charge in [0, 0.05) is 10.5 Å². The summed E-state index contributed by atoms with van der Waals surface area (Å²) in [6.07, 6.45) is 0.747. The molecule has 6 nitrogen and oxygen atoms in total. The maximum absolute atomic E-state index is 12.2. The lowest BCUT2D eigenvalue weighted by Crippen LogP contribution is -2.46. The summed E-state index contributed by atoms with van der Waals surface area (Å²) < 4.78 is 5.12. The molecule has 1 atom stereocenters. The van der Waals surface area contributed by atoms with Crippen molar-refractivity contribution in [3.63, 3.8) is 0 Å². The molecule has 0 spiro atoms. The molecule has 0 unspecified atom stereocenters. The lowest BCUT2D eigenvalue weighted by Gasteiger charge is -2.15. The number of esters is 1. The molecule has 0 fully saturated rings. The molecule has 0 saturated heterocycles. The van der Waals surface area contributed by atoms with Gasteiger partial charge < -0.3 is 4.74 Å². The third-order valence-electron chi connectivity index (χ3n) is 3.38. The van der Waals surface area contributed by atoms with Crippen LogP contribution in [0.4, 0.5) is 0 Å². The van der Waals surface area contributed by atoms with Crippen molar-refractivity contribution < 1.29 is 19.1 Å². The fraction of sp³-hybridized carbons (Fsp3) is 0.167. The summed E-state index contributed by atoms with van der Waals surface area (Å²) in [5, 5.41) is 0.234. The molecular weight excluding hydrogens is 376 g/mol. The fourth-order valence-corrected chi connectivity index (χ4v) is 2.58. The number of hydrogen-bond acceptors (Lipinski definition) is 5. The zero-order valence-corrected chi connectivity index (χ0v) is 15.7. The van der Waals surface area contributed by atoms with E-state index in [1.54, 1.807) is 48.5 Å². The first-order chi connectivity index (χ1) is 12.4. The number of benzene rings is 2. The van der Waals surface area contributed by atoms with Crippen LogP contribution in [0.2, 0.25) is 5.02 Å². The highest BCUT2D eigenvalue weighted by atomic mass is 35.5. The first-order valence-electron chi connectivity index (χ1n) is 7.62. The second-order valence-electron chi connectivity index (χ2n) is 5.20. The molecule has 0 aliphatic heterocycles. The molecule has 2 aromatic rings. The number of hydrogen-bond donors (Lipinski definition) is 2. The smallest absolute Gasteiger partial charge is 0.340 e. The Morgan fingerprint density at radius 2 is 1.77 bits per heavy atom. The minimum atomic E-state index is -1.12. The number of rotatable bonds is 5. The van der Waals surface area contributed by atoms with Gasteiger partial charge in [-0.2, -0.15) is 0 Å². The topological polar surface area (TPSA) is 84.5 Å². The van der Waals surface area contributed by atoms with E-state index in [0.29, 0.717) is 5.56 Å². The molecule has 2 rings (SSSR count). The van der Waals surface area contributed by atoms with E-state index in [2.05, 4.69) is 10.9 Å². The van der Waals surface area contributed by atoms with Gasteiger partial charge in [-0.1, -0.05) is 29.8 Å². The second-order valence-corrected chi connectivity index (χ2v) is 6.49. The van der Waals surface area contributed by atoms with E-state index in [-0.39, 0.29) is 10.6 Å². The molecule has 0 bridgehead atoms. The van der Waals surface area contributed by atoms with Gasteiger partial charge in [-0.05, 0) is 43.5 Å². The first-order valence-corrected chi connectivity index (χ1v) is 9.22. The number of hydrazine groups is 1. The maximum atomic E-state index is 12.2. The zero-order valence-electron chi connectivity index (χ0n) is 14.1. The Bertz CT molecular complexity index is 814. The fourth-order valence-electron chi connectivity index (χ4n) is 1.95. The Hall–Kier alpha value is -2.51. The number of carbonyl (C=O) groups excluding carboxylic acids is 3. The van der Waals surface area contributed by atoms with Crippen molar-refractivity contribution in [1.82, 2.24) is 10.9 Å². The van der Waals surface area contributed by atoms with Gasteiger partial charge in [0.1, 0.15) is 0 Å². The predicted octanol–water partition coefficient (Wildman–Crippen LogP) is 3.07. The summed E-state index contributed by atoms with van der Waals surface area (Å²) in [4.78, 5) is 37.0. The van der Waals surface area contributed by atoms with Gasteiger partial charge >= 0.3 is 5.97 Å². The molecule has 136 valence electrons. The number of halogens is 1. The van der Waals surface area contributed by atoms with Crippen molar-refractivity contribution in [3.8, 4) is 0 Å².